The SMILES string of the molecule is CCCN(CC(=O)NC)c1nc(N)ncc1C. The molecule has 1 heterocycles. The number of nitrogens with one attached hydrogen (secondary N) is 1. The molecule has 1 aromatic rings. The summed E-state index contributed by atoms with van der Waals surface area (Å²) in [6.45, 7) is 4.99. The number of amides is 1. The molecule has 0 saturated carbocycles. The summed E-state index contributed by atoms with van der Waals surface area (Å²) in [5, 5.41) is 2.60. The molecule has 1 aromatic heterocycles. The lowest BCUT2D eigenvalue weighted by molar-refractivity contribution is -0.119. The normalized spacial score (nSPS) is 10.1. The fourth-order valence-electron chi connectivity index (χ4n) is 1.55. The largest absolute Gasteiger partial charge is 0.368 e. The molecule has 0 aromatic carbocycles. The molecule has 0 aliphatic rings. The minimum atomic E-state index is -0.0463. The van der Waals surface area contributed by atoms with E-state index in [9.17, 15) is 4.79 Å². The zero-order valence-electron chi connectivity index (χ0n) is 10.5. The van der Waals surface area contributed by atoms with Gasteiger partial charge in [0.1, 0.15) is 5.82 Å². The summed E-state index contributed by atoms with van der Waals surface area (Å²) in [4.78, 5) is 21.5. The molecule has 94 valence electrons. The van der Waals surface area contributed by atoms with Gasteiger partial charge in [-0.25, -0.2) is 4.98 Å². The van der Waals surface area contributed by atoms with E-state index in [1.54, 1.807) is 13.2 Å². The summed E-state index contributed by atoms with van der Waals surface area (Å²) in [5.74, 6) is 0.904. The monoisotopic (exact) mass is 237 g/mol. The van der Waals surface area contributed by atoms with Crippen LogP contribution in [-0.2, 0) is 4.79 Å². The van der Waals surface area contributed by atoms with Crippen LogP contribution in [0, 0.1) is 6.92 Å². The zero-order chi connectivity index (χ0) is 12.8. The highest BCUT2D eigenvalue weighted by Crippen LogP contribution is 2.16. The minimum Gasteiger partial charge on any atom is -0.368 e. The summed E-state index contributed by atoms with van der Waals surface area (Å²) < 4.78 is 0. The van der Waals surface area contributed by atoms with Gasteiger partial charge >= 0.3 is 0 Å². The Morgan fingerprint density at radius 2 is 2.29 bits per heavy atom. The molecule has 0 spiro atoms. The molecule has 1 rings (SSSR count). The Morgan fingerprint density at radius 3 is 2.88 bits per heavy atom. The third-order valence-electron chi connectivity index (χ3n) is 2.37. The maximum atomic E-state index is 11.4. The first-order chi connectivity index (χ1) is 8.08. The molecule has 3 N–H and O–H groups in total. The average molecular weight is 237 g/mol. The van der Waals surface area contributed by atoms with E-state index in [-0.39, 0.29) is 18.4 Å². The molecule has 0 fully saturated rings. The van der Waals surface area contributed by atoms with Crippen molar-refractivity contribution in [2.24, 2.45) is 0 Å². The number of nitrogen functional groups attached to an aromatic ring is 1. The van der Waals surface area contributed by atoms with Gasteiger partial charge < -0.3 is 16.0 Å². The lowest BCUT2D eigenvalue weighted by Gasteiger charge is -2.23. The Balaban J connectivity index is 2.95. The van der Waals surface area contributed by atoms with E-state index in [2.05, 4.69) is 22.2 Å². The predicted octanol–water partition coefficient (Wildman–Crippen LogP) is 0.330. The van der Waals surface area contributed by atoms with Gasteiger partial charge in [0, 0.05) is 25.4 Å². The topological polar surface area (TPSA) is 84.1 Å². The van der Waals surface area contributed by atoms with Crippen molar-refractivity contribution in [3.05, 3.63) is 11.8 Å². The second-order valence-electron chi connectivity index (χ2n) is 3.83. The summed E-state index contributed by atoms with van der Waals surface area (Å²) in [5.41, 5.74) is 6.49. The molecule has 6 nitrogen and oxygen atoms in total. The molecule has 17 heavy (non-hydrogen) atoms. The summed E-state index contributed by atoms with van der Waals surface area (Å²) >= 11 is 0. The summed E-state index contributed by atoms with van der Waals surface area (Å²) in [6.07, 6.45) is 2.60. The first kappa shape index (κ1) is 13.2. The molecular weight excluding hydrogens is 218 g/mol. The number of hydrogen-bond donors (Lipinski definition) is 2. The predicted molar refractivity (Wildman–Crippen MR) is 67.8 cm³/mol. The van der Waals surface area contributed by atoms with Gasteiger partial charge in [-0.15, -0.1) is 0 Å². The van der Waals surface area contributed by atoms with Gasteiger partial charge in [-0.1, -0.05) is 6.92 Å². The molecule has 0 atom stereocenters. The Morgan fingerprint density at radius 1 is 1.59 bits per heavy atom. The molecule has 6 heteroatoms. The van der Waals surface area contributed by atoms with Crippen molar-refractivity contribution in [2.75, 3.05) is 30.8 Å². The van der Waals surface area contributed by atoms with Crippen LogP contribution >= 0.6 is 0 Å². The van der Waals surface area contributed by atoms with Gasteiger partial charge in [-0.3, -0.25) is 4.79 Å². The van der Waals surface area contributed by atoms with Gasteiger partial charge in [-0.2, -0.15) is 4.98 Å². The van der Waals surface area contributed by atoms with Crippen molar-refractivity contribution in [1.82, 2.24) is 15.3 Å². The van der Waals surface area contributed by atoms with E-state index in [0.29, 0.717) is 0 Å². The van der Waals surface area contributed by atoms with Crippen LogP contribution in [0.1, 0.15) is 18.9 Å². The summed E-state index contributed by atoms with van der Waals surface area (Å²) in [7, 11) is 1.62. The number of carbonyl (C=O) groups excluding carboxylic acids is 1. The van der Waals surface area contributed by atoms with Crippen LogP contribution in [0.5, 0.6) is 0 Å². The fraction of sp³-hybridized carbons (Fsp3) is 0.545. The Labute approximate surface area is 101 Å². The number of rotatable bonds is 5. The highest BCUT2D eigenvalue weighted by atomic mass is 16.1. The number of likely N-dealkylation sites (N-methyl/N-ethyl adjacent to an activating group) is 1. The van der Waals surface area contributed by atoms with Crippen LogP contribution in [0.4, 0.5) is 11.8 Å². The molecule has 0 unspecified atom stereocenters. The van der Waals surface area contributed by atoms with Gasteiger partial charge in [0.15, 0.2) is 0 Å². The van der Waals surface area contributed by atoms with Crippen LogP contribution in [0.25, 0.3) is 0 Å². The van der Waals surface area contributed by atoms with Crippen LogP contribution in [0.2, 0.25) is 0 Å². The number of aryl methyl sites for hydroxylation is 1. The maximum absolute atomic E-state index is 11.4. The molecule has 0 aliphatic carbocycles. The standard InChI is InChI=1S/C11H19N5O/c1-4-5-16(7-9(17)13-3)10-8(2)6-14-11(12)15-10/h6H,4-5,7H2,1-3H3,(H,13,17)(H2,12,14,15). The fourth-order valence-corrected chi connectivity index (χ4v) is 1.55. The van der Waals surface area contributed by atoms with Crippen LogP contribution < -0.4 is 16.0 Å². The third-order valence-corrected chi connectivity index (χ3v) is 2.37. The molecule has 0 radical (unpaired) electrons. The number of aromatic nitrogens is 2. The van der Waals surface area contributed by atoms with Crippen LogP contribution in [0.15, 0.2) is 6.20 Å². The van der Waals surface area contributed by atoms with Gasteiger partial charge in [0.05, 0.1) is 6.54 Å². The molecule has 0 aliphatic heterocycles. The van der Waals surface area contributed by atoms with Crippen molar-refractivity contribution in [3.8, 4) is 0 Å². The van der Waals surface area contributed by atoms with Crippen molar-refractivity contribution in [3.63, 3.8) is 0 Å². The number of nitrogens with two attached hydrogens (primary N) is 1. The van der Waals surface area contributed by atoms with E-state index in [4.69, 9.17) is 5.73 Å². The Bertz CT molecular complexity index is 393. The number of anilines is 2. The third kappa shape index (κ3) is 3.58. The second-order valence-corrected chi connectivity index (χ2v) is 3.83. The lowest BCUT2D eigenvalue weighted by Crippen LogP contribution is -2.37. The Kier molecular flexibility index (Phi) is 4.68. The lowest BCUT2D eigenvalue weighted by atomic mass is 10.3. The van der Waals surface area contributed by atoms with E-state index in [1.165, 1.54) is 0 Å². The van der Waals surface area contributed by atoms with Crippen molar-refractivity contribution in [2.45, 2.75) is 20.3 Å². The van der Waals surface area contributed by atoms with Crippen molar-refractivity contribution >= 4 is 17.7 Å². The first-order valence-electron chi connectivity index (χ1n) is 5.63. The highest BCUT2D eigenvalue weighted by Gasteiger charge is 2.14. The number of nitrogens with zero attached hydrogens (tertiary/aromatic N) is 3. The van der Waals surface area contributed by atoms with Crippen LogP contribution in [-0.4, -0.2) is 36.0 Å². The molecular formula is C11H19N5O. The average Bonchev–Trinajstić information content (AvgIpc) is 2.31. The van der Waals surface area contributed by atoms with E-state index in [0.717, 1.165) is 24.3 Å². The smallest absolute Gasteiger partial charge is 0.239 e. The molecule has 1 amide bonds. The Hall–Kier alpha value is -1.85. The van der Waals surface area contributed by atoms with Crippen LogP contribution in [0.3, 0.4) is 0 Å². The maximum Gasteiger partial charge on any atom is 0.239 e. The van der Waals surface area contributed by atoms with Gasteiger partial charge in [0.2, 0.25) is 11.9 Å². The quantitative estimate of drug-likeness (QED) is 0.771. The van der Waals surface area contributed by atoms with E-state index < -0.39 is 0 Å². The summed E-state index contributed by atoms with van der Waals surface area (Å²) in [6, 6.07) is 0. The highest BCUT2D eigenvalue weighted by molar-refractivity contribution is 5.80. The van der Waals surface area contributed by atoms with E-state index in [1.807, 2.05) is 11.8 Å². The first-order valence-corrected chi connectivity index (χ1v) is 5.63. The van der Waals surface area contributed by atoms with Gasteiger partial charge in [-0.05, 0) is 13.3 Å². The molecule has 0 bridgehead atoms. The second kappa shape index (κ2) is 6.03. The van der Waals surface area contributed by atoms with Crippen molar-refractivity contribution < 1.29 is 4.79 Å². The van der Waals surface area contributed by atoms with E-state index >= 15 is 0 Å². The van der Waals surface area contributed by atoms with Crippen molar-refractivity contribution in [1.29, 1.82) is 0 Å². The minimum absolute atomic E-state index is 0.0463. The number of hydrogen-bond acceptors (Lipinski definition) is 5. The van der Waals surface area contributed by atoms with Gasteiger partial charge in [0.25, 0.3) is 0 Å². The molecule has 0 saturated heterocycles. The number of carbonyl (C=O) groups is 1. The zero-order valence-corrected chi connectivity index (χ0v) is 10.5.